The first-order chi connectivity index (χ1) is 7.41. The molecule has 1 atom stereocenters. The van der Waals surface area contributed by atoms with Crippen LogP contribution >= 0.6 is 7.80 Å². The van der Waals surface area contributed by atoms with Crippen LogP contribution < -0.4 is 14.8 Å². The molecule has 1 rings (SSSR count). The van der Waals surface area contributed by atoms with Crippen molar-refractivity contribution in [3.8, 4) is 11.5 Å². The van der Waals surface area contributed by atoms with Gasteiger partial charge in [-0.1, -0.05) is 6.07 Å². The van der Waals surface area contributed by atoms with E-state index in [9.17, 15) is 4.57 Å². The van der Waals surface area contributed by atoms with E-state index in [-0.39, 0.29) is 5.16 Å². The van der Waals surface area contributed by atoms with Crippen molar-refractivity contribution in [3.63, 3.8) is 0 Å². The van der Waals surface area contributed by atoms with Gasteiger partial charge in [0.15, 0.2) is 0 Å². The summed E-state index contributed by atoms with van der Waals surface area (Å²) >= 11 is 0. The molecule has 0 N–H and O–H groups in total. The number of ether oxygens (including phenoxy) is 2. The maximum atomic E-state index is 12.4. The summed E-state index contributed by atoms with van der Waals surface area (Å²) in [7, 11) is 1.58. The van der Waals surface area contributed by atoms with E-state index in [4.69, 9.17) is 9.47 Å². The average Bonchev–Trinajstić information content (AvgIpc) is 2.25. The van der Waals surface area contributed by atoms with Gasteiger partial charge in [-0.05, 0) is 32.9 Å². The van der Waals surface area contributed by atoms with Crippen molar-refractivity contribution in [2.45, 2.75) is 25.9 Å². The van der Waals surface area contributed by atoms with E-state index in [1.807, 2.05) is 26.8 Å². The first-order valence-corrected chi connectivity index (χ1v) is 6.36. The van der Waals surface area contributed by atoms with Crippen molar-refractivity contribution >= 4 is 13.1 Å². The van der Waals surface area contributed by atoms with Gasteiger partial charge < -0.3 is 9.47 Å². The summed E-state index contributed by atoms with van der Waals surface area (Å²) in [6, 6.07) is 5.43. The highest BCUT2D eigenvalue weighted by Gasteiger charge is 2.27. The van der Waals surface area contributed by atoms with Gasteiger partial charge in [0.25, 0.3) is 0 Å². The Labute approximate surface area is 97.6 Å². The maximum Gasteiger partial charge on any atom is 0.136 e. The summed E-state index contributed by atoms with van der Waals surface area (Å²) in [5, 5.41) is 0.354. The van der Waals surface area contributed by atoms with Crippen LogP contribution in [0.15, 0.2) is 18.2 Å². The number of methoxy groups -OCH3 is 2. The van der Waals surface area contributed by atoms with Crippen LogP contribution in [0.3, 0.4) is 0 Å². The SMILES string of the molecule is COc1cccc(OC)c1[P](=O)C(C)(C)C. The molecule has 89 valence electrons. The van der Waals surface area contributed by atoms with Gasteiger partial charge in [0, 0.05) is 5.16 Å². The van der Waals surface area contributed by atoms with Gasteiger partial charge in [0.05, 0.1) is 14.2 Å². The third-order valence-electron chi connectivity index (χ3n) is 2.21. The van der Waals surface area contributed by atoms with E-state index in [0.29, 0.717) is 16.8 Å². The lowest BCUT2D eigenvalue weighted by atomic mass is 10.3. The summed E-state index contributed by atoms with van der Waals surface area (Å²) < 4.78 is 22.9. The molecule has 0 aromatic heterocycles. The van der Waals surface area contributed by atoms with Crippen LogP contribution in [0.4, 0.5) is 0 Å². The first kappa shape index (κ1) is 13.0. The molecule has 0 saturated carbocycles. The summed E-state index contributed by atoms with van der Waals surface area (Å²) in [6.45, 7) is 5.83. The minimum Gasteiger partial charge on any atom is -0.496 e. The van der Waals surface area contributed by atoms with Crippen molar-refractivity contribution in [3.05, 3.63) is 18.2 Å². The van der Waals surface area contributed by atoms with Crippen molar-refractivity contribution in [1.82, 2.24) is 0 Å². The second kappa shape index (κ2) is 4.84. The molecule has 16 heavy (non-hydrogen) atoms. The van der Waals surface area contributed by atoms with E-state index in [2.05, 4.69) is 0 Å². The number of rotatable bonds is 3. The van der Waals surface area contributed by atoms with Gasteiger partial charge in [-0.25, -0.2) is 0 Å². The fourth-order valence-electron chi connectivity index (χ4n) is 1.37. The highest BCUT2D eigenvalue weighted by atomic mass is 31.1. The van der Waals surface area contributed by atoms with Gasteiger partial charge in [0.2, 0.25) is 0 Å². The molecule has 0 bridgehead atoms. The molecule has 1 radical (unpaired) electrons. The molecular weight excluding hydrogens is 223 g/mol. The summed E-state index contributed by atoms with van der Waals surface area (Å²) in [6.07, 6.45) is 0. The van der Waals surface area contributed by atoms with Gasteiger partial charge in [0.1, 0.15) is 24.6 Å². The minimum absolute atomic E-state index is 0.308. The zero-order chi connectivity index (χ0) is 12.3. The molecule has 0 aliphatic rings. The quantitative estimate of drug-likeness (QED) is 0.763. The third-order valence-corrected chi connectivity index (χ3v) is 4.28. The molecule has 1 unspecified atom stereocenters. The van der Waals surface area contributed by atoms with Crippen molar-refractivity contribution in [2.24, 2.45) is 0 Å². The number of benzene rings is 1. The van der Waals surface area contributed by atoms with E-state index in [1.54, 1.807) is 26.4 Å². The molecule has 0 aliphatic heterocycles. The second-order valence-electron chi connectivity index (χ2n) is 4.48. The van der Waals surface area contributed by atoms with Crippen LogP contribution in [-0.4, -0.2) is 19.4 Å². The zero-order valence-electron chi connectivity index (χ0n) is 10.4. The molecule has 0 fully saturated rings. The van der Waals surface area contributed by atoms with Crippen LogP contribution in [0.25, 0.3) is 0 Å². The van der Waals surface area contributed by atoms with E-state index < -0.39 is 7.80 Å². The Morgan fingerprint density at radius 3 is 1.81 bits per heavy atom. The Morgan fingerprint density at radius 1 is 1.06 bits per heavy atom. The number of hydrogen-bond donors (Lipinski definition) is 0. The Bertz CT molecular complexity index is 371. The lowest BCUT2D eigenvalue weighted by Crippen LogP contribution is -2.17. The van der Waals surface area contributed by atoms with Crippen LogP contribution in [-0.2, 0) is 4.57 Å². The molecule has 4 heteroatoms. The van der Waals surface area contributed by atoms with Gasteiger partial charge in [-0.2, -0.15) is 0 Å². The zero-order valence-corrected chi connectivity index (χ0v) is 11.3. The summed E-state index contributed by atoms with van der Waals surface area (Å²) in [5.74, 6) is 1.24. The van der Waals surface area contributed by atoms with Crippen molar-refractivity contribution < 1.29 is 14.0 Å². The van der Waals surface area contributed by atoms with Crippen LogP contribution in [0.2, 0.25) is 0 Å². The highest BCUT2D eigenvalue weighted by molar-refractivity contribution is 7.55. The normalized spacial score (nSPS) is 12.2. The first-order valence-electron chi connectivity index (χ1n) is 5.10. The van der Waals surface area contributed by atoms with Gasteiger partial charge in [-0.3, -0.25) is 4.57 Å². The molecule has 0 amide bonds. The topological polar surface area (TPSA) is 35.5 Å². The smallest absolute Gasteiger partial charge is 0.136 e. The number of hydrogen-bond acceptors (Lipinski definition) is 3. The molecule has 0 aliphatic carbocycles. The molecule has 0 heterocycles. The maximum absolute atomic E-state index is 12.4. The predicted molar refractivity (Wildman–Crippen MR) is 66.5 cm³/mol. The second-order valence-corrected chi connectivity index (χ2v) is 6.85. The van der Waals surface area contributed by atoms with Crippen LogP contribution in [0.1, 0.15) is 20.8 Å². The molecule has 0 saturated heterocycles. The molecule has 0 spiro atoms. The average molecular weight is 241 g/mol. The third kappa shape index (κ3) is 2.53. The summed E-state index contributed by atoms with van der Waals surface area (Å²) in [5.41, 5.74) is 0. The largest absolute Gasteiger partial charge is 0.496 e. The monoisotopic (exact) mass is 241 g/mol. The molecule has 1 aromatic carbocycles. The van der Waals surface area contributed by atoms with E-state index >= 15 is 0 Å². The van der Waals surface area contributed by atoms with Crippen LogP contribution in [0.5, 0.6) is 11.5 Å². The highest BCUT2D eigenvalue weighted by Crippen LogP contribution is 2.42. The summed E-state index contributed by atoms with van der Waals surface area (Å²) in [4.78, 5) is 0. The van der Waals surface area contributed by atoms with Crippen LogP contribution in [0, 0.1) is 0 Å². The van der Waals surface area contributed by atoms with E-state index in [1.165, 1.54) is 0 Å². The molecule has 1 aromatic rings. The standard InChI is InChI=1S/C12H18O3P/c1-12(2,3)16(13)11-9(14-4)7-6-8-10(11)15-5/h6-8H,1-5H3. The Kier molecular flexibility index (Phi) is 3.93. The fourth-order valence-corrected chi connectivity index (χ4v) is 2.77. The Balaban J connectivity index is 3.34. The van der Waals surface area contributed by atoms with Gasteiger partial charge >= 0.3 is 0 Å². The lowest BCUT2D eigenvalue weighted by Gasteiger charge is -2.20. The Morgan fingerprint density at radius 2 is 1.50 bits per heavy atom. The molecular formula is C12H18O3P. The Hall–Kier alpha value is -1.08. The minimum atomic E-state index is -1.57. The molecule has 3 nitrogen and oxygen atoms in total. The van der Waals surface area contributed by atoms with E-state index in [0.717, 1.165) is 0 Å². The predicted octanol–water partition coefficient (Wildman–Crippen LogP) is 2.96. The van der Waals surface area contributed by atoms with Gasteiger partial charge in [-0.15, -0.1) is 0 Å². The fraction of sp³-hybridized carbons (Fsp3) is 0.500. The lowest BCUT2D eigenvalue weighted by molar-refractivity contribution is 0.400. The van der Waals surface area contributed by atoms with Crippen molar-refractivity contribution in [2.75, 3.05) is 14.2 Å². The van der Waals surface area contributed by atoms with Crippen molar-refractivity contribution in [1.29, 1.82) is 0 Å².